The third-order valence-corrected chi connectivity index (χ3v) is 9.93. The Morgan fingerprint density at radius 3 is 2.71 bits per heavy atom. The number of anilines is 1. The smallest absolute Gasteiger partial charge is 0.181 e. The van der Waals surface area contributed by atoms with E-state index in [0.29, 0.717) is 52.8 Å². The molecule has 190 valence electrons. The second-order valence-electron chi connectivity index (χ2n) is 9.78. The number of nitrogens with zero attached hydrogens (tertiary/aromatic N) is 6. The number of hydrogen-bond acceptors (Lipinski definition) is 8. The predicted octanol–water partition coefficient (Wildman–Crippen LogP) is 3.40. The van der Waals surface area contributed by atoms with Gasteiger partial charge < -0.3 is 14.4 Å². The molecule has 35 heavy (non-hydrogen) atoms. The number of ether oxygens (including phenoxy) is 2. The van der Waals surface area contributed by atoms with E-state index in [4.69, 9.17) is 19.6 Å². The third-order valence-electron chi connectivity index (χ3n) is 7.11. The summed E-state index contributed by atoms with van der Waals surface area (Å²) >= 11 is 2.17. The molecule has 3 aromatic rings. The minimum Gasteiger partial charge on any atom is -0.377 e. The molecule has 0 saturated carbocycles. The van der Waals surface area contributed by atoms with E-state index in [1.54, 1.807) is 24.6 Å². The molecule has 12 heteroatoms. The number of morpholine rings is 1. The lowest BCUT2D eigenvalue weighted by atomic mass is 10.0. The van der Waals surface area contributed by atoms with Gasteiger partial charge in [0.2, 0.25) is 0 Å². The lowest BCUT2D eigenvalue weighted by Gasteiger charge is -2.35. The zero-order valence-corrected chi connectivity index (χ0v) is 23.4. The minimum absolute atomic E-state index is 0.107. The lowest BCUT2D eigenvalue weighted by molar-refractivity contribution is -0.0384. The van der Waals surface area contributed by atoms with Gasteiger partial charge in [-0.25, -0.2) is 22.6 Å². The highest BCUT2D eigenvalue weighted by molar-refractivity contribution is 14.1. The van der Waals surface area contributed by atoms with E-state index in [9.17, 15) is 8.42 Å². The van der Waals surface area contributed by atoms with Crippen LogP contribution in [-0.2, 0) is 24.1 Å². The molecule has 2 aliphatic heterocycles. The summed E-state index contributed by atoms with van der Waals surface area (Å²) in [5, 5.41) is 9.56. The van der Waals surface area contributed by atoms with Crippen molar-refractivity contribution in [3.05, 3.63) is 27.6 Å². The van der Waals surface area contributed by atoms with Crippen molar-refractivity contribution in [1.29, 1.82) is 0 Å². The van der Waals surface area contributed by atoms with Crippen molar-refractivity contribution in [1.82, 2.24) is 24.4 Å². The molecule has 0 aliphatic carbocycles. The van der Waals surface area contributed by atoms with Gasteiger partial charge in [0.05, 0.1) is 24.0 Å². The molecule has 2 saturated heterocycles. The predicted molar refractivity (Wildman–Crippen MR) is 141 cm³/mol. The molecular formula is C23H31IN6O4S. The summed E-state index contributed by atoms with van der Waals surface area (Å²) < 4.78 is 40.7. The number of sulfone groups is 1. The minimum atomic E-state index is -3.45. The molecule has 1 unspecified atom stereocenters. The fourth-order valence-corrected chi connectivity index (χ4v) is 6.01. The molecule has 10 nitrogen and oxygen atoms in total. The summed E-state index contributed by atoms with van der Waals surface area (Å²) in [4.78, 5) is 7.05. The van der Waals surface area contributed by atoms with Gasteiger partial charge in [-0.2, -0.15) is 5.10 Å². The molecule has 3 aromatic heterocycles. The first-order valence-electron chi connectivity index (χ1n) is 11.9. The largest absolute Gasteiger partial charge is 0.377 e. The molecule has 2 aliphatic rings. The van der Waals surface area contributed by atoms with Crippen molar-refractivity contribution in [3.8, 4) is 11.5 Å². The zero-order chi connectivity index (χ0) is 25.0. The summed E-state index contributed by atoms with van der Waals surface area (Å²) in [5.41, 5.74) is 2.16. The van der Waals surface area contributed by atoms with E-state index in [1.807, 2.05) is 16.8 Å². The van der Waals surface area contributed by atoms with Crippen molar-refractivity contribution in [2.75, 3.05) is 37.5 Å². The Bertz CT molecular complexity index is 1350. The Hall–Kier alpha value is -1.77. The van der Waals surface area contributed by atoms with E-state index < -0.39 is 14.6 Å². The van der Waals surface area contributed by atoms with E-state index in [1.165, 1.54) is 6.26 Å². The second-order valence-corrected chi connectivity index (χ2v) is 13.4. The van der Waals surface area contributed by atoms with Gasteiger partial charge in [-0.05, 0) is 74.8 Å². The molecule has 0 aromatic carbocycles. The molecule has 2 fully saturated rings. The third kappa shape index (κ3) is 4.36. The number of hydrogen-bond donors (Lipinski definition) is 0. The number of fused-ring (bicyclic) bond motifs is 1. The maximum atomic E-state index is 12.9. The Labute approximate surface area is 219 Å². The van der Waals surface area contributed by atoms with Gasteiger partial charge in [0, 0.05) is 31.2 Å². The van der Waals surface area contributed by atoms with Gasteiger partial charge in [-0.3, -0.25) is 0 Å². The highest BCUT2D eigenvalue weighted by Gasteiger charge is 2.38. The number of halogens is 1. The van der Waals surface area contributed by atoms with Gasteiger partial charge in [-0.1, -0.05) is 0 Å². The van der Waals surface area contributed by atoms with Crippen molar-refractivity contribution < 1.29 is 17.9 Å². The number of aromatic nitrogens is 5. The van der Waals surface area contributed by atoms with Crippen LogP contribution in [0.1, 0.15) is 51.8 Å². The topological polar surface area (TPSA) is 104 Å². The first-order chi connectivity index (χ1) is 16.6. The molecule has 0 spiro atoms. The summed E-state index contributed by atoms with van der Waals surface area (Å²) in [7, 11) is -3.45. The summed E-state index contributed by atoms with van der Waals surface area (Å²) in [5.74, 6) is 1.32. The highest BCUT2D eigenvalue weighted by Crippen LogP contribution is 2.38. The van der Waals surface area contributed by atoms with Crippen LogP contribution in [0.4, 0.5) is 5.82 Å². The molecular weight excluding hydrogens is 583 g/mol. The fraction of sp³-hybridized carbons (Fsp3) is 0.609. The monoisotopic (exact) mass is 614 g/mol. The van der Waals surface area contributed by atoms with E-state index >= 15 is 0 Å². The first kappa shape index (κ1) is 24.9. The van der Waals surface area contributed by atoms with Gasteiger partial charge in [0.1, 0.15) is 20.7 Å². The van der Waals surface area contributed by atoms with Crippen LogP contribution in [0.15, 0.2) is 18.3 Å². The summed E-state index contributed by atoms with van der Waals surface area (Å²) in [6, 6.07) is 3.93. The van der Waals surface area contributed by atoms with Crippen molar-refractivity contribution in [2.45, 2.75) is 57.1 Å². The maximum Gasteiger partial charge on any atom is 0.181 e. The molecule has 0 radical (unpaired) electrons. The molecule has 0 N–H and O–H groups in total. The van der Waals surface area contributed by atoms with Crippen LogP contribution in [-0.4, -0.2) is 71.5 Å². The standard InChI is InChI=1S/C23H31IN6O4S/c1-15-14-33-12-10-28(15)18-13-16(23(2,3)35(4,31)32)20-21(24)26-22(30(20)27-18)17-8-9-25-29(17)19-7-5-6-11-34-19/h8-9,13,15,19H,5-7,10-12,14H2,1-4H3/t15-,19?/m1/s1. The Morgan fingerprint density at radius 2 is 2.03 bits per heavy atom. The van der Waals surface area contributed by atoms with Gasteiger partial charge >= 0.3 is 0 Å². The lowest BCUT2D eigenvalue weighted by Crippen LogP contribution is -2.44. The van der Waals surface area contributed by atoms with Crippen molar-refractivity contribution in [3.63, 3.8) is 0 Å². The average molecular weight is 615 g/mol. The normalized spacial score (nSPS) is 22.1. The van der Waals surface area contributed by atoms with Crippen LogP contribution < -0.4 is 4.90 Å². The highest BCUT2D eigenvalue weighted by atomic mass is 127. The van der Waals surface area contributed by atoms with Gasteiger partial charge in [0.15, 0.2) is 21.9 Å². The Morgan fingerprint density at radius 1 is 1.23 bits per heavy atom. The Balaban J connectivity index is 1.76. The fourth-order valence-electron chi connectivity index (χ4n) is 4.71. The van der Waals surface area contributed by atoms with Crippen LogP contribution in [0, 0.1) is 3.70 Å². The Kier molecular flexibility index (Phi) is 6.60. The molecule has 2 atom stereocenters. The number of rotatable bonds is 5. The average Bonchev–Trinajstić information content (AvgIpc) is 3.43. The van der Waals surface area contributed by atoms with Crippen molar-refractivity contribution in [2.24, 2.45) is 0 Å². The molecule has 5 rings (SSSR count). The second kappa shape index (κ2) is 9.27. The van der Waals surface area contributed by atoms with E-state index in [2.05, 4.69) is 39.5 Å². The van der Waals surface area contributed by atoms with Crippen LogP contribution in [0.5, 0.6) is 0 Å². The van der Waals surface area contributed by atoms with Gasteiger partial charge in [-0.15, -0.1) is 5.10 Å². The molecule has 0 amide bonds. The quantitative estimate of drug-likeness (QED) is 0.403. The molecule has 0 bridgehead atoms. The summed E-state index contributed by atoms with van der Waals surface area (Å²) in [6.07, 6.45) is 5.87. The zero-order valence-electron chi connectivity index (χ0n) is 20.4. The van der Waals surface area contributed by atoms with Crippen LogP contribution in [0.3, 0.4) is 0 Å². The first-order valence-corrected chi connectivity index (χ1v) is 14.9. The van der Waals surface area contributed by atoms with E-state index in [0.717, 1.165) is 25.0 Å². The van der Waals surface area contributed by atoms with Crippen LogP contribution in [0.2, 0.25) is 0 Å². The molecule has 5 heterocycles. The van der Waals surface area contributed by atoms with Crippen LogP contribution in [0.25, 0.3) is 17.0 Å². The SMILES string of the molecule is C[C@@H]1COCCN1c1cc(C(C)(C)S(C)(=O)=O)c2c(I)nc(-c3ccnn3C3CCCCO3)n2n1. The van der Waals surface area contributed by atoms with Gasteiger partial charge in [0.25, 0.3) is 0 Å². The van der Waals surface area contributed by atoms with Crippen molar-refractivity contribution >= 4 is 43.8 Å². The maximum absolute atomic E-state index is 12.9. The summed E-state index contributed by atoms with van der Waals surface area (Å²) in [6.45, 7) is 8.13. The van der Waals surface area contributed by atoms with Crippen LogP contribution >= 0.6 is 22.6 Å². The number of imidazole rings is 1. The van der Waals surface area contributed by atoms with E-state index in [-0.39, 0.29) is 12.3 Å².